The third-order valence-corrected chi connectivity index (χ3v) is 11.6. The van der Waals surface area contributed by atoms with Gasteiger partial charge in [0.2, 0.25) is 0 Å². The van der Waals surface area contributed by atoms with Crippen molar-refractivity contribution in [2.45, 2.75) is 88.2 Å². The summed E-state index contributed by atoms with van der Waals surface area (Å²) >= 11 is 1.48. The summed E-state index contributed by atoms with van der Waals surface area (Å²) in [6.45, 7) is 6.20. The van der Waals surface area contributed by atoms with Crippen LogP contribution in [-0.2, 0) is 23.2 Å². The molecule has 2 saturated heterocycles. The summed E-state index contributed by atoms with van der Waals surface area (Å²) in [5.41, 5.74) is 7.86. The number of nitriles is 1. The lowest BCUT2D eigenvalue weighted by atomic mass is 9.68. The molecule has 242 valence electrons. The highest BCUT2D eigenvalue weighted by Crippen LogP contribution is 2.52. The smallest absolute Gasteiger partial charge is 0.186 e. The molecule has 14 heteroatoms. The summed E-state index contributed by atoms with van der Waals surface area (Å²) in [5, 5.41) is 42.6. The monoisotopic (exact) mass is 645 g/mol. The Morgan fingerprint density at radius 1 is 1.28 bits per heavy atom. The predicted molar refractivity (Wildman–Crippen MR) is 171 cm³/mol. The summed E-state index contributed by atoms with van der Waals surface area (Å²) in [7, 11) is 2.15. The Hall–Kier alpha value is -3.61. The van der Waals surface area contributed by atoms with Crippen molar-refractivity contribution in [2.24, 2.45) is 0 Å². The van der Waals surface area contributed by atoms with E-state index in [9.17, 15) is 15.5 Å². The van der Waals surface area contributed by atoms with Gasteiger partial charge in [-0.3, -0.25) is 0 Å². The average molecular weight is 646 g/mol. The van der Waals surface area contributed by atoms with Gasteiger partial charge < -0.3 is 35.0 Å². The summed E-state index contributed by atoms with van der Waals surface area (Å²) in [5.74, 6) is 1.63. The van der Waals surface area contributed by atoms with Crippen LogP contribution in [0.4, 0.5) is 10.8 Å². The van der Waals surface area contributed by atoms with Crippen molar-refractivity contribution in [1.82, 2.24) is 29.8 Å². The zero-order chi connectivity index (χ0) is 32.0. The number of nitrogen functional groups attached to an aromatic ring is 1. The van der Waals surface area contributed by atoms with Crippen LogP contribution in [0.3, 0.4) is 0 Å². The molecule has 4 aliphatic rings. The van der Waals surface area contributed by atoms with Crippen LogP contribution in [0.5, 0.6) is 0 Å². The Labute approximate surface area is 270 Å². The van der Waals surface area contributed by atoms with Gasteiger partial charge in [-0.1, -0.05) is 5.16 Å². The molecular weight excluding hydrogens is 606 g/mol. The van der Waals surface area contributed by atoms with Crippen LogP contribution in [0, 0.1) is 11.3 Å². The van der Waals surface area contributed by atoms with Gasteiger partial charge in [-0.15, -0.1) is 11.3 Å². The van der Waals surface area contributed by atoms with E-state index in [2.05, 4.69) is 30.1 Å². The van der Waals surface area contributed by atoms with Gasteiger partial charge in [0, 0.05) is 36.0 Å². The van der Waals surface area contributed by atoms with Gasteiger partial charge in [0.25, 0.3) is 0 Å². The Balaban J connectivity index is 1.30. The first-order valence-electron chi connectivity index (χ1n) is 16.1. The molecule has 4 aromatic rings. The van der Waals surface area contributed by atoms with Crippen LogP contribution < -0.4 is 10.6 Å². The second kappa shape index (κ2) is 10.7. The molecule has 3 aliphatic heterocycles. The number of ether oxygens (including phenoxy) is 1. The van der Waals surface area contributed by atoms with Crippen molar-refractivity contribution < 1.29 is 19.5 Å². The standard InChI is InChI=1S/C32H39N9O4S/c1-17(22-6-5-9-39(22)3)41-30-20(12-35-41)29(40-13-18(42)10-31(2,43)15-40)36-28(37-30)25-21-14-44-16-32(26(21)45-38-25)8-4-7-23-24(32)19(11-33)27(34)46-23/h12,17-18,22,42-43H,4-10,13-16,34H2,1-3H3. The van der Waals surface area contributed by atoms with Gasteiger partial charge in [-0.2, -0.15) is 10.4 Å². The number of anilines is 2. The largest absolute Gasteiger partial charge is 0.391 e. The highest BCUT2D eigenvalue weighted by Gasteiger charge is 2.50. The Bertz CT molecular complexity index is 1870. The lowest BCUT2D eigenvalue weighted by Gasteiger charge is -2.40. The number of fused-ring (bicyclic) bond motifs is 5. The van der Waals surface area contributed by atoms with Crippen molar-refractivity contribution in [1.29, 1.82) is 5.26 Å². The van der Waals surface area contributed by atoms with E-state index in [-0.39, 0.29) is 19.1 Å². The number of nitrogens with two attached hydrogens (primary N) is 1. The maximum absolute atomic E-state index is 11.0. The normalized spacial score (nSPS) is 28.8. The van der Waals surface area contributed by atoms with E-state index in [1.807, 2.05) is 9.58 Å². The van der Waals surface area contributed by atoms with E-state index in [0.29, 0.717) is 65.0 Å². The van der Waals surface area contributed by atoms with E-state index in [0.717, 1.165) is 60.0 Å². The fourth-order valence-corrected chi connectivity index (χ4v) is 9.68. The zero-order valence-corrected chi connectivity index (χ0v) is 27.2. The molecular formula is C32H39N9O4S. The number of likely N-dealkylation sites (tertiary alicyclic amines) is 1. The van der Waals surface area contributed by atoms with Crippen molar-refractivity contribution in [2.75, 3.05) is 43.9 Å². The average Bonchev–Trinajstić information content (AvgIpc) is 3.80. The third-order valence-electron chi connectivity index (χ3n) is 10.5. The maximum atomic E-state index is 11.0. The molecule has 0 bridgehead atoms. The molecule has 0 aromatic carbocycles. The molecule has 1 spiro atoms. The van der Waals surface area contributed by atoms with Crippen LogP contribution in [-0.4, -0.2) is 91.1 Å². The van der Waals surface area contributed by atoms with Crippen LogP contribution in [0.2, 0.25) is 0 Å². The molecule has 5 atom stereocenters. The van der Waals surface area contributed by atoms with E-state index in [1.54, 1.807) is 13.1 Å². The summed E-state index contributed by atoms with van der Waals surface area (Å²) in [4.78, 5) is 15.5. The first-order chi connectivity index (χ1) is 22.1. The number of aliphatic hydroxyl groups excluding tert-OH is 1. The molecule has 0 amide bonds. The van der Waals surface area contributed by atoms with E-state index >= 15 is 0 Å². The van der Waals surface area contributed by atoms with Crippen molar-refractivity contribution in [3.63, 3.8) is 0 Å². The number of β-amino-alcohol motifs (C(OH)–C–C–N with tert-alkyl or cyclic N) is 2. The number of aromatic nitrogens is 5. The number of aliphatic hydroxyl groups is 2. The number of hydrogen-bond donors (Lipinski definition) is 3. The number of rotatable bonds is 4. The van der Waals surface area contributed by atoms with Crippen LogP contribution >= 0.6 is 11.3 Å². The van der Waals surface area contributed by atoms with Gasteiger partial charge in [0.05, 0.1) is 59.1 Å². The quantitative estimate of drug-likeness (QED) is 0.296. The van der Waals surface area contributed by atoms with Gasteiger partial charge in [-0.25, -0.2) is 14.6 Å². The number of aryl methyl sites for hydroxylation is 1. The minimum Gasteiger partial charge on any atom is -0.391 e. The van der Waals surface area contributed by atoms with E-state index in [4.69, 9.17) is 30.1 Å². The second-order valence-electron chi connectivity index (χ2n) is 13.9. The fourth-order valence-electron chi connectivity index (χ4n) is 8.52. The summed E-state index contributed by atoms with van der Waals surface area (Å²) in [6, 6.07) is 2.69. The molecule has 0 saturated carbocycles. The van der Waals surface area contributed by atoms with Gasteiger partial charge in [0.1, 0.15) is 16.9 Å². The molecule has 4 N–H and O–H groups in total. The highest BCUT2D eigenvalue weighted by atomic mass is 32.1. The molecule has 2 fully saturated rings. The van der Waals surface area contributed by atoms with Crippen molar-refractivity contribution in [3.8, 4) is 17.6 Å². The first kappa shape index (κ1) is 29.8. The number of likely N-dealkylation sites (N-methyl/N-ethyl adjacent to an activating group) is 1. The predicted octanol–water partition coefficient (Wildman–Crippen LogP) is 3.13. The Morgan fingerprint density at radius 3 is 2.89 bits per heavy atom. The Kier molecular flexibility index (Phi) is 6.93. The SMILES string of the molecule is CC(C1CCCN1C)n1ncc2c(N3CC(O)CC(C)(O)C3)nc(-c3noc4c3COCC43CCCc4sc(N)c(C#N)c43)nc21. The molecule has 0 radical (unpaired) electrons. The maximum Gasteiger partial charge on any atom is 0.186 e. The molecule has 7 heterocycles. The molecule has 5 unspecified atom stereocenters. The summed E-state index contributed by atoms with van der Waals surface area (Å²) < 4.78 is 14.5. The van der Waals surface area contributed by atoms with Crippen LogP contribution in [0.1, 0.15) is 79.3 Å². The molecule has 1 aliphatic carbocycles. The molecule has 4 aromatic heterocycles. The molecule has 13 nitrogen and oxygen atoms in total. The van der Waals surface area contributed by atoms with Gasteiger partial charge >= 0.3 is 0 Å². The summed E-state index contributed by atoms with van der Waals surface area (Å²) in [6.07, 6.45) is 6.07. The topological polar surface area (TPSA) is 176 Å². The van der Waals surface area contributed by atoms with Crippen molar-refractivity contribution >= 4 is 33.2 Å². The highest BCUT2D eigenvalue weighted by molar-refractivity contribution is 7.16. The first-order valence-corrected chi connectivity index (χ1v) is 16.9. The second-order valence-corrected chi connectivity index (χ2v) is 15.0. The number of thiophene rings is 1. The number of nitrogens with zero attached hydrogens (tertiary/aromatic N) is 8. The fraction of sp³-hybridized carbons (Fsp3) is 0.594. The molecule has 8 rings (SSSR count). The minimum absolute atomic E-state index is 0.0441. The van der Waals surface area contributed by atoms with Gasteiger partial charge in [-0.05, 0) is 59.5 Å². The molecule has 46 heavy (non-hydrogen) atoms. The van der Waals surface area contributed by atoms with Gasteiger partial charge in [0.15, 0.2) is 22.9 Å². The van der Waals surface area contributed by atoms with Crippen LogP contribution in [0.15, 0.2) is 10.7 Å². The number of piperidine rings is 1. The van der Waals surface area contributed by atoms with Crippen molar-refractivity contribution in [3.05, 3.63) is 33.5 Å². The minimum atomic E-state index is -1.10. The van der Waals surface area contributed by atoms with Crippen LogP contribution in [0.25, 0.3) is 22.6 Å². The van der Waals surface area contributed by atoms with E-state index < -0.39 is 17.1 Å². The Morgan fingerprint density at radius 2 is 2.13 bits per heavy atom. The lowest BCUT2D eigenvalue weighted by Crippen LogP contribution is -2.52. The van der Waals surface area contributed by atoms with E-state index in [1.165, 1.54) is 11.3 Å². The number of hydrogen-bond acceptors (Lipinski definition) is 13. The third kappa shape index (κ3) is 4.47. The lowest BCUT2D eigenvalue weighted by molar-refractivity contribution is -0.00801. The zero-order valence-electron chi connectivity index (χ0n) is 26.4.